The van der Waals surface area contributed by atoms with Crippen LogP contribution in [-0.4, -0.2) is 21.1 Å². The first kappa shape index (κ1) is 21.6. The van der Waals surface area contributed by atoms with Crippen LogP contribution in [0.4, 0.5) is 0 Å². The molecule has 0 saturated heterocycles. The summed E-state index contributed by atoms with van der Waals surface area (Å²) in [6.45, 7) is 0. The van der Waals surface area contributed by atoms with Gasteiger partial charge in [-0.3, -0.25) is 4.79 Å². The highest BCUT2D eigenvalue weighted by molar-refractivity contribution is 6.03. The molecule has 1 aliphatic rings. The Balaban J connectivity index is 1.63. The predicted molar refractivity (Wildman–Crippen MR) is 129 cm³/mol. The van der Waals surface area contributed by atoms with E-state index in [-0.39, 0.29) is 41.4 Å². The highest BCUT2D eigenvalue weighted by Gasteiger charge is 2.33. The fourth-order valence-electron chi connectivity index (χ4n) is 4.47. The summed E-state index contributed by atoms with van der Waals surface area (Å²) in [5.74, 6) is 0.273. The minimum absolute atomic E-state index is 0.112. The first-order valence-corrected chi connectivity index (χ1v) is 11.2. The molecule has 0 spiro atoms. The number of rotatable bonds is 5. The van der Waals surface area contributed by atoms with Gasteiger partial charge in [-0.15, -0.1) is 0 Å². The van der Waals surface area contributed by atoms with Crippen LogP contribution in [0.15, 0.2) is 84.9 Å². The van der Waals surface area contributed by atoms with Crippen molar-refractivity contribution in [2.75, 3.05) is 0 Å². The SMILES string of the molecule is O=C1CC(c2ccccc2)Oc2c(Cc3ccccc3O)cc(Cc3ccccc3O)c(O)c21. The smallest absolute Gasteiger partial charge is 0.174 e. The molecule has 34 heavy (non-hydrogen) atoms. The molecule has 5 rings (SSSR count). The number of fused-ring (bicyclic) bond motifs is 1. The molecular weight excluding hydrogens is 428 g/mol. The van der Waals surface area contributed by atoms with Crippen molar-refractivity contribution in [3.05, 3.63) is 118 Å². The molecule has 4 aromatic rings. The normalized spacial score (nSPS) is 14.9. The summed E-state index contributed by atoms with van der Waals surface area (Å²) in [5.41, 5.74) is 3.56. The zero-order chi connectivity index (χ0) is 23.7. The summed E-state index contributed by atoms with van der Waals surface area (Å²) in [4.78, 5) is 13.3. The van der Waals surface area contributed by atoms with Gasteiger partial charge in [0.1, 0.15) is 34.7 Å². The lowest BCUT2D eigenvalue weighted by molar-refractivity contribution is 0.0843. The number of Topliss-reactive ketones (excluding diaryl/α,β-unsaturated/α-hetero) is 1. The second-order valence-corrected chi connectivity index (χ2v) is 8.50. The van der Waals surface area contributed by atoms with Crippen LogP contribution in [0.2, 0.25) is 0 Å². The van der Waals surface area contributed by atoms with E-state index in [9.17, 15) is 20.1 Å². The zero-order valence-electron chi connectivity index (χ0n) is 18.4. The topological polar surface area (TPSA) is 87.0 Å². The molecule has 1 heterocycles. The lowest BCUT2D eigenvalue weighted by Gasteiger charge is -2.29. The van der Waals surface area contributed by atoms with Crippen LogP contribution < -0.4 is 4.74 Å². The number of hydrogen-bond acceptors (Lipinski definition) is 5. The molecule has 0 fully saturated rings. The molecule has 0 amide bonds. The zero-order valence-corrected chi connectivity index (χ0v) is 18.4. The van der Waals surface area contributed by atoms with Crippen molar-refractivity contribution in [2.24, 2.45) is 0 Å². The molecule has 0 aromatic heterocycles. The van der Waals surface area contributed by atoms with E-state index >= 15 is 0 Å². The van der Waals surface area contributed by atoms with Crippen LogP contribution in [0.5, 0.6) is 23.0 Å². The maximum atomic E-state index is 13.3. The van der Waals surface area contributed by atoms with Crippen LogP contribution in [0.25, 0.3) is 0 Å². The number of benzene rings is 4. The standard InChI is InChI=1S/C29H24O5/c30-23-12-6-4-10-19(23)14-21-16-22(15-20-11-5-7-13-24(20)31)29-27(28(21)33)25(32)17-26(34-29)18-8-2-1-3-9-18/h1-13,16,26,30-31,33H,14-15,17H2. The van der Waals surface area contributed by atoms with E-state index in [2.05, 4.69) is 0 Å². The molecule has 0 saturated carbocycles. The molecule has 4 aromatic carbocycles. The van der Waals surface area contributed by atoms with Crippen molar-refractivity contribution in [3.8, 4) is 23.0 Å². The van der Waals surface area contributed by atoms with Gasteiger partial charge in [0.25, 0.3) is 0 Å². The van der Waals surface area contributed by atoms with Gasteiger partial charge in [-0.05, 0) is 46.0 Å². The third kappa shape index (κ3) is 4.08. The average molecular weight is 453 g/mol. The van der Waals surface area contributed by atoms with Crippen LogP contribution in [-0.2, 0) is 12.8 Å². The van der Waals surface area contributed by atoms with Crippen molar-refractivity contribution in [3.63, 3.8) is 0 Å². The number of ether oxygens (including phenoxy) is 1. The Hall–Kier alpha value is -4.25. The lowest BCUT2D eigenvalue weighted by Crippen LogP contribution is -2.22. The first-order valence-electron chi connectivity index (χ1n) is 11.2. The fourth-order valence-corrected chi connectivity index (χ4v) is 4.47. The van der Waals surface area contributed by atoms with Gasteiger partial charge in [0.2, 0.25) is 0 Å². The molecule has 1 atom stereocenters. The third-order valence-electron chi connectivity index (χ3n) is 6.23. The Kier molecular flexibility index (Phi) is 5.68. The Bertz CT molecular complexity index is 1360. The van der Waals surface area contributed by atoms with E-state index in [0.717, 1.165) is 5.56 Å². The van der Waals surface area contributed by atoms with E-state index in [0.29, 0.717) is 34.4 Å². The first-order chi connectivity index (χ1) is 16.5. The number of phenols is 3. The Morgan fingerprint density at radius 1 is 0.706 bits per heavy atom. The Morgan fingerprint density at radius 2 is 1.26 bits per heavy atom. The number of carbonyl (C=O) groups excluding carboxylic acids is 1. The number of aromatic hydroxyl groups is 3. The van der Waals surface area contributed by atoms with E-state index in [1.54, 1.807) is 36.4 Å². The van der Waals surface area contributed by atoms with Gasteiger partial charge in [0, 0.05) is 12.8 Å². The molecule has 3 N–H and O–H groups in total. The van der Waals surface area contributed by atoms with Gasteiger partial charge in [0.05, 0.1) is 6.42 Å². The van der Waals surface area contributed by atoms with E-state index < -0.39 is 6.10 Å². The lowest BCUT2D eigenvalue weighted by atomic mass is 9.88. The molecule has 170 valence electrons. The van der Waals surface area contributed by atoms with Crippen molar-refractivity contribution in [1.29, 1.82) is 0 Å². The van der Waals surface area contributed by atoms with Gasteiger partial charge in [-0.25, -0.2) is 0 Å². The van der Waals surface area contributed by atoms with Crippen molar-refractivity contribution in [1.82, 2.24) is 0 Å². The fraction of sp³-hybridized carbons (Fsp3) is 0.138. The van der Waals surface area contributed by atoms with Gasteiger partial charge in [-0.1, -0.05) is 66.7 Å². The molecule has 5 nitrogen and oxygen atoms in total. The summed E-state index contributed by atoms with van der Waals surface area (Å²) in [7, 11) is 0. The minimum atomic E-state index is -0.465. The molecule has 0 bridgehead atoms. The second-order valence-electron chi connectivity index (χ2n) is 8.50. The molecule has 0 radical (unpaired) electrons. The molecule has 0 aliphatic carbocycles. The number of carbonyl (C=O) groups is 1. The van der Waals surface area contributed by atoms with Crippen LogP contribution >= 0.6 is 0 Å². The number of ketones is 1. The highest BCUT2D eigenvalue weighted by Crippen LogP contribution is 2.45. The minimum Gasteiger partial charge on any atom is -0.508 e. The van der Waals surface area contributed by atoms with Crippen LogP contribution in [0, 0.1) is 0 Å². The molecule has 1 aliphatic heterocycles. The summed E-state index contributed by atoms with van der Waals surface area (Å²) in [5, 5.41) is 31.7. The van der Waals surface area contributed by atoms with Crippen molar-refractivity contribution < 1.29 is 24.9 Å². The third-order valence-corrected chi connectivity index (χ3v) is 6.23. The van der Waals surface area contributed by atoms with E-state index in [4.69, 9.17) is 4.74 Å². The van der Waals surface area contributed by atoms with E-state index in [1.807, 2.05) is 48.5 Å². The largest absolute Gasteiger partial charge is 0.508 e. The van der Waals surface area contributed by atoms with Gasteiger partial charge in [0.15, 0.2) is 5.78 Å². The maximum absolute atomic E-state index is 13.3. The second kappa shape index (κ2) is 8.94. The van der Waals surface area contributed by atoms with Crippen molar-refractivity contribution in [2.45, 2.75) is 25.4 Å². The number of hydrogen-bond donors (Lipinski definition) is 3. The monoisotopic (exact) mass is 452 g/mol. The molecule has 1 unspecified atom stereocenters. The summed E-state index contributed by atoms with van der Waals surface area (Å²) >= 11 is 0. The van der Waals surface area contributed by atoms with Gasteiger partial charge in [-0.2, -0.15) is 0 Å². The highest BCUT2D eigenvalue weighted by atomic mass is 16.5. The van der Waals surface area contributed by atoms with Gasteiger partial charge < -0.3 is 20.1 Å². The van der Waals surface area contributed by atoms with Crippen molar-refractivity contribution >= 4 is 5.78 Å². The summed E-state index contributed by atoms with van der Waals surface area (Å²) in [6, 6.07) is 25.3. The number of phenolic OH excluding ortho intramolecular Hbond substituents is 3. The Labute approximate surface area is 197 Å². The van der Waals surface area contributed by atoms with E-state index in [1.165, 1.54) is 0 Å². The van der Waals surface area contributed by atoms with Crippen LogP contribution in [0.3, 0.4) is 0 Å². The maximum Gasteiger partial charge on any atom is 0.174 e. The van der Waals surface area contributed by atoms with Gasteiger partial charge >= 0.3 is 0 Å². The molecule has 5 heteroatoms. The summed E-state index contributed by atoms with van der Waals surface area (Å²) in [6.07, 6.45) is 0.209. The quantitative estimate of drug-likeness (QED) is 0.362. The Morgan fingerprint density at radius 3 is 1.88 bits per heavy atom. The number of para-hydroxylation sites is 2. The predicted octanol–water partition coefficient (Wildman–Crippen LogP) is 5.69. The average Bonchev–Trinajstić information content (AvgIpc) is 2.85. The molecular formula is C29H24O5. The summed E-state index contributed by atoms with van der Waals surface area (Å²) < 4.78 is 6.33. The van der Waals surface area contributed by atoms with Crippen LogP contribution in [0.1, 0.15) is 50.7 Å².